The third-order valence-electron chi connectivity index (χ3n) is 2.68. The van der Waals surface area contributed by atoms with Crippen LogP contribution in [0.1, 0.15) is 12.5 Å². The minimum Gasteiger partial charge on any atom is -0.487 e. The van der Waals surface area contributed by atoms with E-state index in [1.165, 1.54) is 6.07 Å². The third-order valence-corrected chi connectivity index (χ3v) is 2.68. The van der Waals surface area contributed by atoms with Crippen molar-refractivity contribution in [1.29, 1.82) is 0 Å². The summed E-state index contributed by atoms with van der Waals surface area (Å²) in [5.74, 6) is 0.272. The number of anilines is 1. The van der Waals surface area contributed by atoms with Crippen molar-refractivity contribution >= 4 is 11.4 Å². The van der Waals surface area contributed by atoms with Crippen molar-refractivity contribution in [3.63, 3.8) is 0 Å². The lowest BCUT2D eigenvalue weighted by Gasteiger charge is -2.09. The summed E-state index contributed by atoms with van der Waals surface area (Å²) < 4.78 is 5.30. The van der Waals surface area contributed by atoms with Crippen LogP contribution < -0.4 is 10.1 Å². The second-order valence-corrected chi connectivity index (χ2v) is 4.09. The molecule has 0 saturated carbocycles. The number of nitrogens with one attached hydrogen (secondary N) is 1. The first-order valence-corrected chi connectivity index (χ1v) is 6.24. The number of hydrogen-bond donors (Lipinski definition) is 1. The van der Waals surface area contributed by atoms with Gasteiger partial charge in [0.25, 0.3) is 0 Å². The van der Waals surface area contributed by atoms with Gasteiger partial charge in [-0.15, -0.1) is 0 Å². The summed E-state index contributed by atoms with van der Waals surface area (Å²) >= 11 is 0. The van der Waals surface area contributed by atoms with Gasteiger partial charge >= 0.3 is 5.69 Å². The summed E-state index contributed by atoms with van der Waals surface area (Å²) in [6.45, 7) is 2.77. The molecule has 0 amide bonds. The molecule has 0 atom stereocenters. The molecule has 2 rings (SSSR count). The van der Waals surface area contributed by atoms with Crippen LogP contribution in [0.4, 0.5) is 11.4 Å². The highest BCUT2D eigenvalue weighted by Gasteiger charge is 2.15. The molecule has 1 N–H and O–H groups in total. The number of hydrogen-bond acceptors (Lipinski definition) is 5. The van der Waals surface area contributed by atoms with Crippen molar-refractivity contribution in [1.82, 2.24) is 4.98 Å². The molecule has 1 aromatic heterocycles. The van der Waals surface area contributed by atoms with Crippen molar-refractivity contribution in [2.75, 3.05) is 11.9 Å². The van der Waals surface area contributed by atoms with E-state index in [9.17, 15) is 10.1 Å². The Balaban J connectivity index is 2.12. The molecule has 6 heteroatoms. The topological polar surface area (TPSA) is 77.3 Å². The number of rotatable bonds is 6. The van der Waals surface area contributed by atoms with Crippen LogP contribution in [0.5, 0.6) is 5.75 Å². The Labute approximate surface area is 116 Å². The summed E-state index contributed by atoms with van der Waals surface area (Å²) in [4.78, 5) is 14.5. The van der Waals surface area contributed by atoms with Crippen LogP contribution >= 0.6 is 0 Å². The smallest absolute Gasteiger partial charge is 0.311 e. The number of pyridine rings is 1. The fourth-order valence-electron chi connectivity index (χ4n) is 1.75. The number of nitro groups is 1. The molecule has 0 saturated heterocycles. The van der Waals surface area contributed by atoms with Crippen LogP contribution in [0.2, 0.25) is 0 Å². The zero-order valence-corrected chi connectivity index (χ0v) is 11.1. The Morgan fingerprint density at radius 1 is 1.40 bits per heavy atom. The van der Waals surface area contributed by atoms with E-state index >= 15 is 0 Å². The molecular weight excluding hydrogens is 258 g/mol. The molecule has 104 valence electrons. The molecule has 2 aromatic rings. The molecule has 0 aliphatic heterocycles. The lowest BCUT2D eigenvalue weighted by Crippen LogP contribution is -2.02. The lowest BCUT2D eigenvalue weighted by atomic mass is 10.2. The Kier molecular flexibility index (Phi) is 4.49. The minimum atomic E-state index is -0.449. The molecular formula is C14H15N3O3. The maximum atomic E-state index is 10.9. The van der Waals surface area contributed by atoms with E-state index in [0.29, 0.717) is 13.2 Å². The number of nitro benzene ring substituents is 1. The van der Waals surface area contributed by atoms with Crippen LogP contribution in [0.15, 0.2) is 42.7 Å². The summed E-state index contributed by atoms with van der Waals surface area (Å²) in [6, 6.07) is 8.55. The predicted molar refractivity (Wildman–Crippen MR) is 75.8 cm³/mol. The van der Waals surface area contributed by atoms with Gasteiger partial charge in [0, 0.05) is 36.8 Å². The largest absolute Gasteiger partial charge is 0.487 e. The Morgan fingerprint density at radius 2 is 2.25 bits per heavy atom. The first-order valence-electron chi connectivity index (χ1n) is 6.24. The highest BCUT2D eigenvalue weighted by molar-refractivity contribution is 5.58. The van der Waals surface area contributed by atoms with Gasteiger partial charge in [-0.05, 0) is 24.6 Å². The molecule has 0 aliphatic carbocycles. The molecule has 0 bridgehead atoms. The quantitative estimate of drug-likeness (QED) is 0.646. The van der Waals surface area contributed by atoms with Gasteiger partial charge in [0.1, 0.15) is 0 Å². The van der Waals surface area contributed by atoms with Gasteiger partial charge in [0.15, 0.2) is 5.75 Å². The van der Waals surface area contributed by atoms with Crippen LogP contribution in [0, 0.1) is 10.1 Å². The summed E-state index contributed by atoms with van der Waals surface area (Å²) in [5, 5.41) is 14.1. The SMILES string of the molecule is CCOc1cc(NCc2cccnc2)ccc1[N+](=O)[O-]. The van der Waals surface area contributed by atoms with Crippen molar-refractivity contribution < 1.29 is 9.66 Å². The van der Waals surface area contributed by atoms with Crippen molar-refractivity contribution in [3.8, 4) is 5.75 Å². The molecule has 0 aliphatic rings. The van der Waals surface area contributed by atoms with Crippen LogP contribution in [-0.2, 0) is 6.54 Å². The second kappa shape index (κ2) is 6.51. The van der Waals surface area contributed by atoms with E-state index < -0.39 is 4.92 Å². The van der Waals surface area contributed by atoms with Crippen molar-refractivity contribution in [2.24, 2.45) is 0 Å². The predicted octanol–water partition coefficient (Wildman–Crippen LogP) is 3.00. The Hall–Kier alpha value is -2.63. The molecule has 0 spiro atoms. The van der Waals surface area contributed by atoms with Gasteiger partial charge in [-0.25, -0.2) is 0 Å². The normalized spacial score (nSPS) is 10.1. The fraction of sp³-hybridized carbons (Fsp3) is 0.214. The fourth-order valence-corrected chi connectivity index (χ4v) is 1.75. The third kappa shape index (κ3) is 3.44. The van der Waals surface area contributed by atoms with Crippen LogP contribution in [0.3, 0.4) is 0 Å². The van der Waals surface area contributed by atoms with E-state index in [0.717, 1.165) is 11.3 Å². The molecule has 1 heterocycles. The van der Waals surface area contributed by atoms with Crippen LogP contribution in [-0.4, -0.2) is 16.5 Å². The van der Waals surface area contributed by atoms with E-state index in [4.69, 9.17) is 4.74 Å². The zero-order valence-electron chi connectivity index (χ0n) is 11.1. The molecule has 0 radical (unpaired) electrons. The molecule has 6 nitrogen and oxygen atoms in total. The van der Waals surface area contributed by atoms with E-state index in [1.807, 2.05) is 12.1 Å². The summed E-state index contributed by atoms with van der Waals surface area (Å²) in [7, 11) is 0. The van der Waals surface area contributed by atoms with Crippen LogP contribution in [0.25, 0.3) is 0 Å². The maximum absolute atomic E-state index is 10.9. The van der Waals surface area contributed by atoms with Crippen molar-refractivity contribution in [2.45, 2.75) is 13.5 Å². The number of ether oxygens (including phenoxy) is 1. The first-order chi connectivity index (χ1) is 9.70. The molecule has 0 unspecified atom stereocenters. The molecule has 1 aromatic carbocycles. The Bertz CT molecular complexity index is 587. The minimum absolute atomic E-state index is 0.0289. The van der Waals surface area contributed by atoms with Gasteiger partial charge in [0.05, 0.1) is 11.5 Å². The van der Waals surface area contributed by atoms with Gasteiger partial charge in [-0.3, -0.25) is 15.1 Å². The van der Waals surface area contributed by atoms with Gasteiger partial charge in [0.2, 0.25) is 0 Å². The van der Waals surface area contributed by atoms with E-state index in [1.54, 1.807) is 31.5 Å². The highest BCUT2D eigenvalue weighted by atomic mass is 16.6. The Morgan fingerprint density at radius 3 is 2.90 bits per heavy atom. The average Bonchev–Trinajstić information content (AvgIpc) is 2.46. The number of nitrogens with zero attached hydrogens (tertiary/aromatic N) is 2. The standard InChI is InChI=1S/C14H15N3O3/c1-2-20-14-8-12(5-6-13(14)17(18)19)16-10-11-4-3-7-15-9-11/h3-9,16H,2,10H2,1H3. The van der Waals surface area contributed by atoms with E-state index in [2.05, 4.69) is 10.3 Å². The van der Waals surface area contributed by atoms with Crippen molar-refractivity contribution in [3.05, 3.63) is 58.4 Å². The average molecular weight is 273 g/mol. The highest BCUT2D eigenvalue weighted by Crippen LogP contribution is 2.30. The number of aromatic nitrogens is 1. The second-order valence-electron chi connectivity index (χ2n) is 4.09. The number of benzene rings is 1. The lowest BCUT2D eigenvalue weighted by molar-refractivity contribution is -0.385. The monoisotopic (exact) mass is 273 g/mol. The summed E-state index contributed by atoms with van der Waals surface area (Å²) in [6.07, 6.45) is 3.48. The van der Waals surface area contributed by atoms with Gasteiger partial charge < -0.3 is 10.1 Å². The van der Waals surface area contributed by atoms with E-state index in [-0.39, 0.29) is 11.4 Å². The zero-order chi connectivity index (χ0) is 14.4. The molecule has 20 heavy (non-hydrogen) atoms. The first kappa shape index (κ1) is 13.8. The van der Waals surface area contributed by atoms with Gasteiger partial charge in [-0.2, -0.15) is 0 Å². The molecule has 0 fully saturated rings. The maximum Gasteiger partial charge on any atom is 0.311 e. The summed E-state index contributed by atoms with van der Waals surface area (Å²) in [5.41, 5.74) is 1.77. The van der Waals surface area contributed by atoms with Gasteiger partial charge in [-0.1, -0.05) is 6.07 Å².